The number of aliphatic carboxylic acids is 1. The number of hydrogen-bond acceptors (Lipinski definition) is 5. The van der Waals surface area contributed by atoms with E-state index in [1.54, 1.807) is 6.07 Å². The molecule has 0 spiro atoms. The van der Waals surface area contributed by atoms with Crippen molar-refractivity contribution in [2.75, 3.05) is 0 Å². The Balaban J connectivity index is 1.66. The summed E-state index contributed by atoms with van der Waals surface area (Å²) in [5.74, 6) is -1.68. The highest BCUT2D eigenvalue weighted by molar-refractivity contribution is 8.15. The summed E-state index contributed by atoms with van der Waals surface area (Å²) in [6.45, 7) is 1.86. The molecule has 0 aliphatic carbocycles. The first-order valence-electron chi connectivity index (χ1n) is 8.09. The molecule has 1 heterocycles. The summed E-state index contributed by atoms with van der Waals surface area (Å²) in [6, 6.07) is 12.2. The number of nitrogens with one attached hydrogen (secondary N) is 1. The highest BCUT2D eigenvalue weighted by atomic mass is 32.2. The molecular weight excluding hydrogens is 369 g/mol. The smallest absolute Gasteiger partial charge is 0.305 e. The van der Waals surface area contributed by atoms with E-state index in [9.17, 15) is 14.0 Å². The van der Waals surface area contributed by atoms with Crippen LogP contribution in [0.3, 0.4) is 0 Å². The lowest BCUT2D eigenvalue weighted by Crippen LogP contribution is -2.26. The Morgan fingerprint density at radius 3 is 2.70 bits per heavy atom. The van der Waals surface area contributed by atoms with Crippen molar-refractivity contribution in [1.29, 1.82) is 0 Å². The third-order valence-electron chi connectivity index (χ3n) is 3.90. The minimum Gasteiger partial charge on any atom is -0.481 e. The largest absolute Gasteiger partial charge is 0.481 e. The van der Waals surface area contributed by atoms with Gasteiger partial charge in [0.25, 0.3) is 0 Å². The standard InChI is InChI=1S/C19H16FN3O3S/c1-11-8-14(20)6-7-15(11)13-4-2-12(3-5-13)10-21-23-19-22-18(26)16(27-19)9-17(24)25/h2-8,10,16H,9H2,1H3,(H,24,25)(H,22,23,26). The fourth-order valence-corrected chi connectivity index (χ4v) is 3.51. The number of amidine groups is 1. The first kappa shape index (κ1) is 18.8. The van der Waals surface area contributed by atoms with Crippen LogP contribution in [0, 0.1) is 12.7 Å². The molecule has 1 unspecified atom stereocenters. The van der Waals surface area contributed by atoms with Crippen molar-refractivity contribution in [3.05, 3.63) is 59.4 Å². The Kier molecular flexibility index (Phi) is 5.66. The Hall–Kier alpha value is -3.00. The normalized spacial score (nSPS) is 18.2. The Morgan fingerprint density at radius 1 is 1.30 bits per heavy atom. The van der Waals surface area contributed by atoms with Crippen LogP contribution in [0.25, 0.3) is 11.1 Å². The third-order valence-corrected chi connectivity index (χ3v) is 4.97. The van der Waals surface area contributed by atoms with E-state index < -0.39 is 11.2 Å². The number of carboxylic acid groups (broad SMARTS) is 1. The molecule has 1 amide bonds. The summed E-state index contributed by atoms with van der Waals surface area (Å²) in [6.07, 6.45) is 1.27. The minimum absolute atomic E-state index is 0.260. The van der Waals surface area contributed by atoms with E-state index in [0.29, 0.717) is 0 Å². The number of rotatable bonds is 5. The van der Waals surface area contributed by atoms with Crippen molar-refractivity contribution >= 4 is 35.0 Å². The van der Waals surface area contributed by atoms with Crippen molar-refractivity contribution in [3.8, 4) is 11.1 Å². The topological polar surface area (TPSA) is 91.1 Å². The van der Waals surface area contributed by atoms with Gasteiger partial charge in [-0.15, -0.1) is 5.10 Å². The molecule has 1 aliphatic rings. The summed E-state index contributed by atoms with van der Waals surface area (Å²) in [5, 5.41) is 18.7. The van der Waals surface area contributed by atoms with Gasteiger partial charge >= 0.3 is 5.97 Å². The molecule has 6 nitrogen and oxygen atoms in total. The summed E-state index contributed by atoms with van der Waals surface area (Å²) in [5.41, 5.74) is 3.58. The van der Waals surface area contributed by atoms with E-state index in [4.69, 9.17) is 5.11 Å². The number of carbonyl (C=O) groups is 2. The molecule has 0 bridgehead atoms. The number of aryl methyl sites for hydroxylation is 1. The second-order valence-corrected chi connectivity index (χ2v) is 7.12. The molecule has 0 saturated carbocycles. The van der Waals surface area contributed by atoms with Gasteiger partial charge in [0.1, 0.15) is 11.1 Å². The molecule has 1 aliphatic heterocycles. The van der Waals surface area contributed by atoms with Crippen LogP contribution in [0.15, 0.2) is 52.7 Å². The molecule has 2 aromatic rings. The number of amides is 1. The van der Waals surface area contributed by atoms with E-state index in [1.807, 2.05) is 31.2 Å². The zero-order chi connectivity index (χ0) is 19.4. The number of halogens is 1. The maximum Gasteiger partial charge on any atom is 0.305 e. The van der Waals surface area contributed by atoms with E-state index in [0.717, 1.165) is 34.0 Å². The lowest BCUT2D eigenvalue weighted by Gasteiger charge is -2.06. The SMILES string of the molecule is Cc1cc(F)ccc1-c1ccc(C=NN=C2NC(=O)C(CC(=O)O)S2)cc1. The molecular formula is C19H16FN3O3S. The van der Waals surface area contributed by atoms with E-state index in [-0.39, 0.29) is 23.3 Å². The predicted molar refractivity (Wildman–Crippen MR) is 103 cm³/mol. The maximum absolute atomic E-state index is 13.2. The molecule has 27 heavy (non-hydrogen) atoms. The van der Waals surface area contributed by atoms with Crippen LogP contribution in [0.1, 0.15) is 17.5 Å². The average molecular weight is 385 g/mol. The predicted octanol–water partition coefficient (Wildman–Crippen LogP) is 3.20. The van der Waals surface area contributed by atoms with Gasteiger partial charge in [0.15, 0.2) is 5.17 Å². The van der Waals surface area contributed by atoms with Crippen molar-refractivity contribution in [1.82, 2.24) is 5.32 Å². The zero-order valence-electron chi connectivity index (χ0n) is 14.3. The Morgan fingerprint density at radius 2 is 2.04 bits per heavy atom. The molecule has 1 fully saturated rings. The molecule has 138 valence electrons. The van der Waals surface area contributed by atoms with Gasteiger partial charge in [0.2, 0.25) is 5.91 Å². The monoisotopic (exact) mass is 385 g/mol. The average Bonchev–Trinajstić information content (AvgIpc) is 2.95. The molecule has 2 N–H and O–H groups in total. The summed E-state index contributed by atoms with van der Waals surface area (Å²) < 4.78 is 13.2. The molecule has 0 aromatic heterocycles. The number of carboxylic acids is 1. The first-order valence-corrected chi connectivity index (χ1v) is 8.97. The first-order chi connectivity index (χ1) is 12.9. The second-order valence-electron chi connectivity index (χ2n) is 5.92. The van der Waals surface area contributed by atoms with Gasteiger partial charge in [-0.05, 0) is 41.3 Å². The minimum atomic E-state index is -1.04. The fraction of sp³-hybridized carbons (Fsp3) is 0.158. The van der Waals surface area contributed by atoms with Gasteiger partial charge in [-0.25, -0.2) is 4.39 Å². The molecule has 1 atom stereocenters. The number of hydrogen-bond donors (Lipinski definition) is 2. The Labute approximate surface area is 159 Å². The second kappa shape index (κ2) is 8.13. The van der Waals surface area contributed by atoms with Crippen LogP contribution in [0.2, 0.25) is 0 Å². The van der Waals surface area contributed by atoms with Gasteiger partial charge in [-0.1, -0.05) is 42.1 Å². The van der Waals surface area contributed by atoms with Gasteiger partial charge in [-0.3, -0.25) is 9.59 Å². The highest BCUT2D eigenvalue weighted by Crippen LogP contribution is 2.24. The lowest BCUT2D eigenvalue weighted by molar-refractivity contribution is -0.138. The van der Waals surface area contributed by atoms with Crippen LogP contribution in [0.5, 0.6) is 0 Å². The number of benzene rings is 2. The highest BCUT2D eigenvalue weighted by Gasteiger charge is 2.32. The van der Waals surface area contributed by atoms with Crippen molar-refractivity contribution in [2.24, 2.45) is 10.2 Å². The molecule has 2 aromatic carbocycles. The summed E-state index contributed by atoms with van der Waals surface area (Å²) in [7, 11) is 0. The maximum atomic E-state index is 13.2. The molecule has 1 saturated heterocycles. The van der Waals surface area contributed by atoms with Crippen LogP contribution >= 0.6 is 11.8 Å². The summed E-state index contributed by atoms with van der Waals surface area (Å²) in [4.78, 5) is 22.3. The van der Waals surface area contributed by atoms with Gasteiger partial charge in [0, 0.05) is 0 Å². The van der Waals surface area contributed by atoms with Gasteiger partial charge in [0.05, 0.1) is 12.6 Å². The molecule has 3 rings (SSSR count). The lowest BCUT2D eigenvalue weighted by atomic mass is 9.99. The molecule has 8 heteroatoms. The van der Waals surface area contributed by atoms with Crippen molar-refractivity contribution in [3.63, 3.8) is 0 Å². The van der Waals surface area contributed by atoms with Crippen LogP contribution in [-0.4, -0.2) is 33.6 Å². The number of thioether (sulfide) groups is 1. The zero-order valence-corrected chi connectivity index (χ0v) is 15.2. The Bertz CT molecular complexity index is 942. The van der Waals surface area contributed by atoms with Crippen LogP contribution < -0.4 is 5.32 Å². The van der Waals surface area contributed by atoms with Crippen LogP contribution in [0.4, 0.5) is 4.39 Å². The van der Waals surface area contributed by atoms with E-state index in [2.05, 4.69) is 15.5 Å². The quantitative estimate of drug-likeness (QED) is 0.611. The van der Waals surface area contributed by atoms with E-state index >= 15 is 0 Å². The van der Waals surface area contributed by atoms with Crippen molar-refractivity contribution in [2.45, 2.75) is 18.6 Å². The van der Waals surface area contributed by atoms with Crippen molar-refractivity contribution < 1.29 is 19.1 Å². The van der Waals surface area contributed by atoms with Gasteiger partial charge < -0.3 is 10.4 Å². The molecule has 0 radical (unpaired) electrons. The van der Waals surface area contributed by atoms with E-state index in [1.165, 1.54) is 18.3 Å². The third kappa shape index (κ3) is 4.79. The fourth-order valence-electron chi connectivity index (χ4n) is 2.59. The number of carbonyl (C=O) groups excluding carboxylic acids is 1. The number of nitrogens with zero attached hydrogens (tertiary/aromatic N) is 2. The van der Waals surface area contributed by atoms with Crippen LogP contribution in [-0.2, 0) is 9.59 Å². The summed E-state index contributed by atoms with van der Waals surface area (Å²) >= 11 is 1.05. The van der Waals surface area contributed by atoms with Gasteiger partial charge in [-0.2, -0.15) is 5.10 Å².